The number of carbonyl (C=O) groups excluding carboxylic acids is 1. The molecule has 0 atom stereocenters. The molecule has 0 aliphatic heterocycles. The van der Waals surface area contributed by atoms with Crippen LogP contribution in [-0.4, -0.2) is 33.7 Å². The minimum absolute atomic E-state index is 0.143. The molecule has 0 aliphatic carbocycles. The number of aromatic nitrogens is 2. The summed E-state index contributed by atoms with van der Waals surface area (Å²) in [5.41, 5.74) is 0.996. The highest BCUT2D eigenvalue weighted by Crippen LogP contribution is 2.15. The van der Waals surface area contributed by atoms with E-state index in [0.29, 0.717) is 0 Å². The zero-order valence-electron chi connectivity index (χ0n) is 10.9. The summed E-state index contributed by atoms with van der Waals surface area (Å²) in [6, 6.07) is 12.8. The Kier molecular flexibility index (Phi) is 4.70. The fourth-order valence-electron chi connectivity index (χ4n) is 1.73. The summed E-state index contributed by atoms with van der Waals surface area (Å²) in [4.78, 5) is 13.3. The van der Waals surface area contributed by atoms with Gasteiger partial charge in [-0.15, -0.1) is 0 Å². The van der Waals surface area contributed by atoms with Gasteiger partial charge in [0.25, 0.3) is 5.91 Å². The minimum atomic E-state index is -0.438. The zero-order valence-corrected chi connectivity index (χ0v) is 12.5. The van der Waals surface area contributed by atoms with E-state index in [1.807, 2.05) is 36.4 Å². The van der Waals surface area contributed by atoms with Crippen LogP contribution in [0, 0.1) is 22.7 Å². The van der Waals surface area contributed by atoms with Crippen molar-refractivity contribution < 1.29 is 4.79 Å². The highest BCUT2D eigenvalue weighted by atomic mass is 79.9. The Morgan fingerprint density at radius 1 is 1.29 bits per heavy atom. The molecule has 1 heterocycles. The predicted molar refractivity (Wildman–Crippen MR) is 78.4 cm³/mol. The van der Waals surface area contributed by atoms with E-state index in [2.05, 4.69) is 21.0 Å². The van der Waals surface area contributed by atoms with Crippen LogP contribution in [0.5, 0.6) is 0 Å². The highest BCUT2D eigenvalue weighted by molar-refractivity contribution is 9.10. The van der Waals surface area contributed by atoms with Gasteiger partial charge in [-0.05, 0) is 24.3 Å². The Bertz CT molecular complexity index is 724. The maximum Gasteiger partial charge on any atom is 0.276 e. The smallest absolute Gasteiger partial charge is 0.276 e. The molecular formula is C14H10BrN5O. The van der Waals surface area contributed by atoms with E-state index in [4.69, 9.17) is 10.5 Å². The molecule has 104 valence electrons. The van der Waals surface area contributed by atoms with Crippen LogP contribution in [0.25, 0.3) is 5.69 Å². The number of halogens is 1. The monoisotopic (exact) mass is 343 g/mol. The van der Waals surface area contributed by atoms with Crippen molar-refractivity contribution in [3.63, 3.8) is 0 Å². The van der Waals surface area contributed by atoms with Crippen LogP contribution in [0.15, 0.2) is 41.0 Å². The van der Waals surface area contributed by atoms with Gasteiger partial charge in [0, 0.05) is 10.7 Å². The molecule has 2 rings (SSSR count). The van der Waals surface area contributed by atoms with E-state index < -0.39 is 5.91 Å². The van der Waals surface area contributed by atoms with E-state index in [1.54, 1.807) is 16.9 Å². The summed E-state index contributed by atoms with van der Waals surface area (Å²) in [6.07, 6.45) is 1.66. The number of rotatable bonds is 4. The zero-order chi connectivity index (χ0) is 15.2. The predicted octanol–water partition coefficient (Wildman–Crippen LogP) is 2.12. The number of benzene rings is 1. The van der Waals surface area contributed by atoms with Crippen molar-refractivity contribution in [3.8, 4) is 17.8 Å². The Balaban J connectivity index is 2.25. The van der Waals surface area contributed by atoms with Gasteiger partial charge in [-0.1, -0.05) is 22.0 Å². The quantitative estimate of drug-likeness (QED) is 0.795. The Morgan fingerprint density at radius 2 is 2.00 bits per heavy atom. The average molecular weight is 344 g/mol. The molecule has 6 nitrogen and oxygen atoms in total. The molecule has 1 amide bonds. The molecule has 0 bridgehead atoms. The Morgan fingerprint density at radius 3 is 2.62 bits per heavy atom. The van der Waals surface area contributed by atoms with Crippen molar-refractivity contribution in [3.05, 3.63) is 46.7 Å². The van der Waals surface area contributed by atoms with E-state index in [-0.39, 0.29) is 18.8 Å². The fourth-order valence-corrected chi connectivity index (χ4v) is 2.12. The molecule has 1 aromatic carbocycles. The second kappa shape index (κ2) is 6.69. The standard InChI is InChI=1S/C14H10BrN5O/c15-11-2-1-3-12(10-11)20-7-4-13(18-20)14(21)19(8-5-16)9-6-17/h1-4,7,10H,8-9H2. The van der Waals surface area contributed by atoms with E-state index >= 15 is 0 Å². The topological polar surface area (TPSA) is 85.7 Å². The number of nitrogens with zero attached hydrogens (tertiary/aromatic N) is 5. The molecular weight excluding hydrogens is 334 g/mol. The summed E-state index contributed by atoms with van der Waals surface area (Å²) in [5.74, 6) is -0.438. The molecule has 0 fully saturated rings. The SMILES string of the molecule is N#CCN(CC#N)C(=O)c1ccn(-c2cccc(Br)c2)n1. The molecule has 0 aliphatic rings. The van der Waals surface area contributed by atoms with Crippen LogP contribution in [-0.2, 0) is 0 Å². The van der Waals surface area contributed by atoms with Crippen LogP contribution in [0.3, 0.4) is 0 Å². The maximum absolute atomic E-state index is 12.2. The summed E-state index contributed by atoms with van der Waals surface area (Å²) in [6.45, 7) is -0.285. The molecule has 0 unspecified atom stereocenters. The van der Waals surface area contributed by atoms with Crippen molar-refractivity contribution in [1.29, 1.82) is 10.5 Å². The molecule has 0 saturated heterocycles. The third-order valence-corrected chi connectivity index (χ3v) is 3.18. The second-order valence-electron chi connectivity index (χ2n) is 4.10. The van der Waals surface area contributed by atoms with Crippen molar-refractivity contribution in [1.82, 2.24) is 14.7 Å². The summed E-state index contributed by atoms with van der Waals surface area (Å²) < 4.78 is 2.47. The van der Waals surface area contributed by atoms with Gasteiger partial charge in [0.05, 0.1) is 17.8 Å². The largest absolute Gasteiger partial charge is 0.311 e. The van der Waals surface area contributed by atoms with Crippen LogP contribution in [0.2, 0.25) is 0 Å². The van der Waals surface area contributed by atoms with Gasteiger partial charge in [-0.3, -0.25) is 4.79 Å². The van der Waals surface area contributed by atoms with Crippen molar-refractivity contribution >= 4 is 21.8 Å². The van der Waals surface area contributed by atoms with E-state index in [1.165, 1.54) is 0 Å². The number of nitriles is 2. The normalized spacial score (nSPS) is 9.67. The first-order chi connectivity index (χ1) is 10.2. The molecule has 0 saturated carbocycles. The van der Waals surface area contributed by atoms with Crippen LogP contribution < -0.4 is 0 Å². The first-order valence-electron chi connectivity index (χ1n) is 6.00. The van der Waals surface area contributed by atoms with Crippen molar-refractivity contribution in [2.45, 2.75) is 0 Å². The van der Waals surface area contributed by atoms with E-state index in [0.717, 1.165) is 15.1 Å². The van der Waals surface area contributed by atoms with Crippen LogP contribution in [0.1, 0.15) is 10.5 Å². The number of hydrogen-bond donors (Lipinski definition) is 0. The molecule has 0 radical (unpaired) electrons. The van der Waals surface area contributed by atoms with Gasteiger partial charge in [0.2, 0.25) is 0 Å². The number of carbonyl (C=O) groups is 1. The summed E-state index contributed by atoms with van der Waals surface area (Å²) in [7, 11) is 0. The lowest BCUT2D eigenvalue weighted by molar-refractivity contribution is 0.0788. The number of amides is 1. The molecule has 0 spiro atoms. The third kappa shape index (κ3) is 3.47. The average Bonchev–Trinajstić information content (AvgIpc) is 2.96. The lowest BCUT2D eigenvalue weighted by Crippen LogP contribution is -2.32. The van der Waals surface area contributed by atoms with Gasteiger partial charge in [-0.25, -0.2) is 4.68 Å². The van der Waals surface area contributed by atoms with Gasteiger partial charge < -0.3 is 4.90 Å². The first-order valence-corrected chi connectivity index (χ1v) is 6.80. The molecule has 21 heavy (non-hydrogen) atoms. The summed E-state index contributed by atoms with van der Waals surface area (Å²) >= 11 is 3.37. The van der Waals surface area contributed by atoms with Crippen LogP contribution in [0.4, 0.5) is 0 Å². The van der Waals surface area contributed by atoms with Gasteiger partial charge in [0.15, 0.2) is 5.69 Å². The lowest BCUT2D eigenvalue weighted by Gasteiger charge is -2.13. The molecule has 1 aromatic heterocycles. The van der Waals surface area contributed by atoms with E-state index in [9.17, 15) is 4.79 Å². The first kappa shape index (κ1) is 14.8. The summed E-state index contributed by atoms with van der Waals surface area (Å²) in [5, 5.41) is 21.6. The lowest BCUT2D eigenvalue weighted by atomic mass is 10.3. The Labute approximate surface area is 129 Å². The Hall–Kier alpha value is -2.64. The van der Waals surface area contributed by atoms with Gasteiger partial charge in [-0.2, -0.15) is 15.6 Å². The highest BCUT2D eigenvalue weighted by Gasteiger charge is 2.18. The molecule has 7 heteroatoms. The minimum Gasteiger partial charge on any atom is -0.311 e. The van der Waals surface area contributed by atoms with Gasteiger partial charge >= 0.3 is 0 Å². The third-order valence-electron chi connectivity index (χ3n) is 2.69. The maximum atomic E-state index is 12.2. The van der Waals surface area contributed by atoms with Crippen LogP contribution >= 0.6 is 15.9 Å². The molecule has 2 aromatic rings. The van der Waals surface area contributed by atoms with Gasteiger partial charge in [0.1, 0.15) is 13.1 Å². The van der Waals surface area contributed by atoms with Crippen molar-refractivity contribution in [2.75, 3.05) is 13.1 Å². The van der Waals surface area contributed by atoms with Crippen molar-refractivity contribution in [2.24, 2.45) is 0 Å². The number of hydrogen-bond acceptors (Lipinski definition) is 4. The fraction of sp³-hybridized carbons (Fsp3) is 0.143. The molecule has 0 N–H and O–H groups in total. The second-order valence-corrected chi connectivity index (χ2v) is 5.02.